The zero-order chi connectivity index (χ0) is 24.7. The molecule has 1 aliphatic rings. The summed E-state index contributed by atoms with van der Waals surface area (Å²) >= 11 is 0. The van der Waals surface area contributed by atoms with Gasteiger partial charge in [-0.1, -0.05) is 23.8 Å². The van der Waals surface area contributed by atoms with E-state index in [1.165, 1.54) is 0 Å². The molecule has 7 nitrogen and oxygen atoms in total. The van der Waals surface area contributed by atoms with Gasteiger partial charge in [0.2, 0.25) is 5.91 Å². The van der Waals surface area contributed by atoms with Crippen LogP contribution in [0.15, 0.2) is 48.5 Å². The van der Waals surface area contributed by atoms with E-state index in [4.69, 9.17) is 4.74 Å². The number of nitrogens with zero attached hydrogens (tertiary/aromatic N) is 2. The van der Waals surface area contributed by atoms with Crippen molar-refractivity contribution in [3.8, 4) is 5.75 Å². The number of benzene rings is 2. The minimum absolute atomic E-state index is 0.00851. The van der Waals surface area contributed by atoms with Gasteiger partial charge in [0.25, 0.3) is 11.8 Å². The van der Waals surface area contributed by atoms with Crippen molar-refractivity contribution in [2.24, 2.45) is 5.92 Å². The van der Waals surface area contributed by atoms with Gasteiger partial charge in [-0.25, -0.2) is 0 Å². The first-order chi connectivity index (χ1) is 16.4. The highest BCUT2D eigenvalue weighted by atomic mass is 16.5. The van der Waals surface area contributed by atoms with Crippen molar-refractivity contribution in [2.75, 3.05) is 33.3 Å². The molecule has 1 N–H and O–H groups in total. The molecule has 0 aliphatic carbocycles. The molecule has 0 spiro atoms. The third kappa shape index (κ3) is 5.95. The Morgan fingerprint density at radius 3 is 2.29 bits per heavy atom. The Kier molecular flexibility index (Phi) is 8.68. The number of likely N-dealkylation sites (N-methyl/N-ethyl adjacent to an activating group) is 1. The van der Waals surface area contributed by atoms with Crippen molar-refractivity contribution in [1.29, 1.82) is 0 Å². The Hall–Kier alpha value is -3.35. The number of carbonyl (C=O) groups is 3. The molecule has 2 aromatic rings. The van der Waals surface area contributed by atoms with E-state index >= 15 is 0 Å². The molecule has 182 valence electrons. The van der Waals surface area contributed by atoms with Crippen LogP contribution in [0.1, 0.15) is 53.0 Å². The van der Waals surface area contributed by atoms with Gasteiger partial charge in [-0.15, -0.1) is 0 Å². The smallest absolute Gasteiger partial charge is 0.253 e. The van der Waals surface area contributed by atoms with Gasteiger partial charge in [0.1, 0.15) is 11.8 Å². The van der Waals surface area contributed by atoms with Crippen molar-refractivity contribution < 1.29 is 19.1 Å². The first-order valence-corrected chi connectivity index (χ1v) is 12.0. The molecule has 0 radical (unpaired) electrons. The van der Waals surface area contributed by atoms with Crippen LogP contribution in [0.25, 0.3) is 0 Å². The first-order valence-electron chi connectivity index (χ1n) is 12.0. The minimum Gasteiger partial charge on any atom is -0.497 e. The molecule has 34 heavy (non-hydrogen) atoms. The molecule has 1 heterocycles. The highest BCUT2D eigenvalue weighted by molar-refractivity contribution is 5.98. The van der Waals surface area contributed by atoms with Crippen molar-refractivity contribution in [3.63, 3.8) is 0 Å². The van der Waals surface area contributed by atoms with E-state index in [0.29, 0.717) is 55.9 Å². The Balaban J connectivity index is 1.74. The fourth-order valence-electron chi connectivity index (χ4n) is 4.50. The molecule has 3 amide bonds. The van der Waals surface area contributed by atoms with Crippen LogP contribution in [-0.4, -0.2) is 66.9 Å². The lowest BCUT2D eigenvalue weighted by molar-refractivity contribution is -0.134. The number of amides is 3. The highest BCUT2D eigenvalue weighted by Crippen LogP contribution is 2.24. The van der Waals surface area contributed by atoms with Gasteiger partial charge in [-0.05, 0) is 69.9 Å². The number of likely N-dealkylation sites (tertiary alicyclic amines) is 1. The van der Waals surface area contributed by atoms with Crippen molar-refractivity contribution in [3.05, 3.63) is 65.2 Å². The number of hydrogen-bond acceptors (Lipinski definition) is 4. The maximum atomic E-state index is 13.4. The quantitative estimate of drug-likeness (QED) is 0.647. The molecule has 1 fully saturated rings. The molecule has 1 atom stereocenters. The summed E-state index contributed by atoms with van der Waals surface area (Å²) in [4.78, 5) is 43.0. The number of carbonyl (C=O) groups excluding carboxylic acids is 3. The number of ether oxygens (including phenoxy) is 1. The summed E-state index contributed by atoms with van der Waals surface area (Å²) in [6, 6.07) is 13.9. The summed E-state index contributed by atoms with van der Waals surface area (Å²) in [5.41, 5.74) is 2.18. The van der Waals surface area contributed by atoms with Gasteiger partial charge >= 0.3 is 0 Å². The molecule has 7 heteroatoms. The standard InChI is InChI=1S/C27H35N3O4/c1-5-29(6-2)27(33)24(28-25(31)21-10-8-12-23(18-21)34-4)20-13-15-30(16-14-20)26(32)22-11-7-9-19(3)17-22/h7-12,17-18,20,24H,5-6,13-16H2,1-4H3,(H,28,31)/t24-/m1/s1. The molecular weight excluding hydrogens is 430 g/mol. The molecular formula is C27H35N3O4. The zero-order valence-corrected chi connectivity index (χ0v) is 20.5. The fourth-order valence-corrected chi connectivity index (χ4v) is 4.50. The van der Waals surface area contributed by atoms with Gasteiger partial charge in [0.05, 0.1) is 7.11 Å². The molecule has 0 bridgehead atoms. The van der Waals surface area contributed by atoms with E-state index in [0.717, 1.165) is 5.56 Å². The molecule has 2 aromatic carbocycles. The van der Waals surface area contributed by atoms with Crippen LogP contribution in [0.5, 0.6) is 5.75 Å². The number of aryl methyl sites for hydroxylation is 1. The van der Waals surface area contributed by atoms with Gasteiger partial charge in [0.15, 0.2) is 0 Å². The lowest BCUT2D eigenvalue weighted by Gasteiger charge is -2.37. The van der Waals surface area contributed by atoms with Crippen LogP contribution < -0.4 is 10.1 Å². The van der Waals surface area contributed by atoms with Gasteiger partial charge < -0.3 is 19.9 Å². The summed E-state index contributed by atoms with van der Waals surface area (Å²) in [6.07, 6.45) is 1.29. The Morgan fingerprint density at radius 2 is 1.68 bits per heavy atom. The number of hydrogen-bond donors (Lipinski definition) is 1. The Bertz CT molecular complexity index is 1010. The lowest BCUT2D eigenvalue weighted by Crippen LogP contribution is -2.54. The molecule has 0 aromatic heterocycles. The number of nitrogens with one attached hydrogen (secondary N) is 1. The average Bonchev–Trinajstić information content (AvgIpc) is 2.87. The highest BCUT2D eigenvalue weighted by Gasteiger charge is 2.35. The Morgan fingerprint density at radius 1 is 1.03 bits per heavy atom. The van der Waals surface area contributed by atoms with Crippen molar-refractivity contribution in [2.45, 2.75) is 39.7 Å². The maximum Gasteiger partial charge on any atom is 0.253 e. The normalized spacial score (nSPS) is 14.9. The minimum atomic E-state index is -0.644. The number of rotatable bonds is 8. The number of methoxy groups -OCH3 is 1. The van der Waals surface area contributed by atoms with E-state index in [2.05, 4.69) is 5.32 Å². The van der Waals surface area contributed by atoms with Crippen LogP contribution in [0, 0.1) is 12.8 Å². The van der Waals surface area contributed by atoms with Crippen molar-refractivity contribution >= 4 is 17.7 Å². The second kappa shape index (κ2) is 11.7. The summed E-state index contributed by atoms with van der Waals surface area (Å²) in [6.45, 7) is 8.09. The van der Waals surface area contributed by atoms with E-state index < -0.39 is 6.04 Å². The zero-order valence-electron chi connectivity index (χ0n) is 20.5. The lowest BCUT2D eigenvalue weighted by atomic mass is 9.87. The van der Waals surface area contributed by atoms with Gasteiger partial charge in [-0.2, -0.15) is 0 Å². The van der Waals surface area contributed by atoms with Crippen LogP contribution in [0.3, 0.4) is 0 Å². The van der Waals surface area contributed by atoms with E-state index in [-0.39, 0.29) is 23.6 Å². The second-order valence-corrected chi connectivity index (χ2v) is 8.69. The largest absolute Gasteiger partial charge is 0.497 e. The molecule has 1 aliphatic heterocycles. The Labute approximate surface area is 202 Å². The van der Waals surface area contributed by atoms with E-state index in [9.17, 15) is 14.4 Å². The van der Waals surface area contributed by atoms with Crippen LogP contribution >= 0.6 is 0 Å². The van der Waals surface area contributed by atoms with Crippen molar-refractivity contribution in [1.82, 2.24) is 15.1 Å². The summed E-state index contributed by atoms with van der Waals surface area (Å²) < 4.78 is 5.23. The fraction of sp³-hybridized carbons (Fsp3) is 0.444. The van der Waals surface area contributed by atoms with E-state index in [1.807, 2.05) is 49.9 Å². The third-order valence-corrected chi connectivity index (χ3v) is 6.52. The SMILES string of the molecule is CCN(CC)C(=O)[C@H](NC(=O)c1cccc(OC)c1)C1CCN(C(=O)c2cccc(C)c2)CC1. The summed E-state index contributed by atoms with van der Waals surface area (Å²) in [7, 11) is 1.55. The average molecular weight is 466 g/mol. The first kappa shape index (κ1) is 25.3. The molecule has 1 saturated heterocycles. The van der Waals surface area contributed by atoms with Crippen LogP contribution in [0.2, 0.25) is 0 Å². The topological polar surface area (TPSA) is 79.0 Å². The second-order valence-electron chi connectivity index (χ2n) is 8.69. The summed E-state index contributed by atoms with van der Waals surface area (Å²) in [5.74, 6) is 0.160. The van der Waals surface area contributed by atoms with Crippen LogP contribution in [0.4, 0.5) is 0 Å². The third-order valence-electron chi connectivity index (χ3n) is 6.52. The van der Waals surface area contributed by atoms with Gasteiger partial charge in [0, 0.05) is 37.3 Å². The molecule has 0 unspecified atom stereocenters. The maximum absolute atomic E-state index is 13.4. The molecule has 3 rings (SSSR count). The number of piperidine rings is 1. The summed E-state index contributed by atoms with van der Waals surface area (Å²) in [5, 5.41) is 3.00. The van der Waals surface area contributed by atoms with Crippen LogP contribution in [-0.2, 0) is 4.79 Å². The molecule has 0 saturated carbocycles. The predicted octanol–water partition coefficient (Wildman–Crippen LogP) is 3.52. The van der Waals surface area contributed by atoms with E-state index in [1.54, 1.807) is 36.3 Å². The predicted molar refractivity (Wildman–Crippen MR) is 132 cm³/mol. The van der Waals surface area contributed by atoms with Gasteiger partial charge in [-0.3, -0.25) is 14.4 Å². The monoisotopic (exact) mass is 465 g/mol.